The minimum atomic E-state index is -3.57. The summed E-state index contributed by atoms with van der Waals surface area (Å²) in [6.07, 6.45) is 0.119. The van der Waals surface area contributed by atoms with Gasteiger partial charge in [0.2, 0.25) is 15.9 Å². The Morgan fingerprint density at radius 2 is 1.69 bits per heavy atom. The van der Waals surface area contributed by atoms with Crippen molar-refractivity contribution >= 4 is 27.7 Å². The number of benzene rings is 2. The molecule has 0 bridgehead atoms. The second kappa shape index (κ2) is 10.4. The number of aryl methyl sites for hydroxylation is 1. The summed E-state index contributed by atoms with van der Waals surface area (Å²) >= 11 is 1.75. The fourth-order valence-electron chi connectivity index (χ4n) is 2.21. The van der Waals surface area contributed by atoms with Crippen LogP contribution in [0.5, 0.6) is 0 Å². The van der Waals surface area contributed by atoms with Crippen molar-refractivity contribution in [1.29, 1.82) is 0 Å². The average molecular weight is 393 g/mol. The van der Waals surface area contributed by atoms with Crippen LogP contribution >= 0.6 is 11.8 Å². The Labute approximate surface area is 159 Å². The van der Waals surface area contributed by atoms with Crippen molar-refractivity contribution in [3.8, 4) is 0 Å². The van der Waals surface area contributed by atoms with Crippen molar-refractivity contribution in [2.24, 2.45) is 0 Å². The molecule has 0 atom stereocenters. The first-order valence-electron chi connectivity index (χ1n) is 8.42. The van der Waals surface area contributed by atoms with Gasteiger partial charge in [0.15, 0.2) is 0 Å². The fraction of sp³-hybridized carbons (Fsp3) is 0.316. The molecule has 0 fully saturated rings. The molecule has 2 rings (SSSR count). The van der Waals surface area contributed by atoms with Gasteiger partial charge in [-0.05, 0) is 24.6 Å². The molecule has 2 N–H and O–H groups in total. The molecule has 0 aliphatic rings. The van der Waals surface area contributed by atoms with E-state index in [-0.39, 0.29) is 23.8 Å². The predicted octanol–water partition coefficient (Wildman–Crippen LogP) is 2.71. The maximum absolute atomic E-state index is 12.1. The molecule has 1 amide bonds. The fourth-order valence-corrected chi connectivity index (χ4v) is 4.07. The first kappa shape index (κ1) is 20.5. The minimum absolute atomic E-state index is 0.0825. The molecule has 140 valence electrons. The van der Waals surface area contributed by atoms with Gasteiger partial charge in [-0.1, -0.05) is 48.0 Å². The van der Waals surface area contributed by atoms with E-state index in [4.69, 9.17) is 0 Å². The number of amides is 1. The number of thioether (sulfide) groups is 1. The van der Waals surface area contributed by atoms with E-state index in [2.05, 4.69) is 22.2 Å². The van der Waals surface area contributed by atoms with Gasteiger partial charge in [-0.15, -0.1) is 0 Å². The lowest BCUT2D eigenvalue weighted by molar-refractivity contribution is -0.120. The third-order valence-corrected chi connectivity index (χ3v) is 6.16. The van der Waals surface area contributed by atoms with Gasteiger partial charge in [0.05, 0.1) is 4.90 Å². The van der Waals surface area contributed by atoms with Gasteiger partial charge < -0.3 is 5.32 Å². The zero-order chi connectivity index (χ0) is 18.8. The van der Waals surface area contributed by atoms with E-state index >= 15 is 0 Å². The molecule has 7 heteroatoms. The third kappa shape index (κ3) is 7.19. The quantitative estimate of drug-likeness (QED) is 0.610. The van der Waals surface area contributed by atoms with Crippen LogP contribution < -0.4 is 10.0 Å². The van der Waals surface area contributed by atoms with E-state index in [9.17, 15) is 13.2 Å². The van der Waals surface area contributed by atoms with Crippen LogP contribution in [0.2, 0.25) is 0 Å². The Morgan fingerprint density at radius 3 is 2.38 bits per heavy atom. The van der Waals surface area contributed by atoms with Crippen LogP contribution in [0.1, 0.15) is 17.5 Å². The summed E-state index contributed by atoms with van der Waals surface area (Å²) in [6.45, 7) is 2.55. The van der Waals surface area contributed by atoms with E-state index in [1.54, 1.807) is 36.0 Å². The molecule has 0 aromatic heterocycles. The van der Waals surface area contributed by atoms with Crippen LogP contribution in [0.4, 0.5) is 0 Å². The van der Waals surface area contributed by atoms with Crippen molar-refractivity contribution in [1.82, 2.24) is 10.0 Å². The van der Waals surface area contributed by atoms with Crippen LogP contribution in [0, 0.1) is 6.92 Å². The van der Waals surface area contributed by atoms with Crippen LogP contribution in [-0.4, -0.2) is 33.2 Å². The van der Waals surface area contributed by atoms with Crippen molar-refractivity contribution in [3.63, 3.8) is 0 Å². The van der Waals surface area contributed by atoms with Gasteiger partial charge in [-0.25, -0.2) is 13.1 Å². The van der Waals surface area contributed by atoms with E-state index in [0.29, 0.717) is 6.54 Å². The summed E-state index contributed by atoms with van der Waals surface area (Å²) < 4.78 is 26.7. The normalized spacial score (nSPS) is 11.3. The lowest BCUT2D eigenvalue weighted by atomic mass is 10.2. The molecule has 0 heterocycles. The van der Waals surface area contributed by atoms with Crippen LogP contribution in [0.25, 0.3) is 0 Å². The lowest BCUT2D eigenvalue weighted by Crippen LogP contribution is -2.31. The highest BCUT2D eigenvalue weighted by atomic mass is 32.2. The molecule has 26 heavy (non-hydrogen) atoms. The standard InChI is InChI=1S/C19H24N2O3S2/c1-16-7-9-18(10-8-16)26(23,24)21-12-11-19(22)20-13-14-25-15-17-5-3-2-4-6-17/h2-10,21H,11-15H2,1H3,(H,20,22). The third-order valence-electron chi connectivity index (χ3n) is 3.66. The smallest absolute Gasteiger partial charge is 0.240 e. The zero-order valence-corrected chi connectivity index (χ0v) is 16.4. The van der Waals surface area contributed by atoms with Crippen LogP contribution in [-0.2, 0) is 20.6 Å². The molecule has 0 saturated carbocycles. The van der Waals surface area contributed by atoms with Gasteiger partial charge in [-0.3, -0.25) is 4.79 Å². The molecule has 2 aromatic carbocycles. The summed E-state index contributed by atoms with van der Waals surface area (Å²) in [4.78, 5) is 12.0. The molecule has 0 unspecified atom stereocenters. The average Bonchev–Trinajstić information content (AvgIpc) is 2.62. The molecule has 0 aliphatic carbocycles. The number of carbonyl (C=O) groups is 1. The largest absolute Gasteiger partial charge is 0.355 e. The minimum Gasteiger partial charge on any atom is -0.355 e. The first-order chi connectivity index (χ1) is 12.5. The van der Waals surface area contributed by atoms with Gasteiger partial charge in [-0.2, -0.15) is 11.8 Å². The highest BCUT2D eigenvalue weighted by Gasteiger charge is 2.13. The summed E-state index contributed by atoms with van der Waals surface area (Å²) in [6, 6.07) is 16.8. The van der Waals surface area contributed by atoms with E-state index in [1.807, 2.05) is 25.1 Å². The second-order valence-electron chi connectivity index (χ2n) is 5.85. The Kier molecular flexibility index (Phi) is 8.15. The summed E-state index contributed by atoms with van der Waals surface area (Å²) in [5.41, 5.74) is 2.25. The van der Waals surface area contributed by atoms with Gasteiger partial charge in [0.1, 0.15) is 0 Å². The Bertz CT molecular complexity index is 791. The molecule has 0 spiro atoms. The van der Waals surface area contributed by atoms with Gasteiger partial charge in [0, 0.05) is 31.0 Å². The van der Waals surface area contributed by atoms with Crippen molar-refractivity contribution in [3.05, 3.63) is 65.7 Å². The molecule has 5 nitrogen and oxygen atoms in total. The topological polar surface area (TPSA) is 75.3 Å². The number of carbonyl (C=O) groups excluding carboxylic acids is 1. The number of nitrogens with one attached hydrogen (secondary N) is 2. The molecule has 0 radical (unpaired) electrons. The van der Waals surface area contributed by atoms with Crippen molar-refractivity contribution in [2.75, 3.05) is 18.8 Å². The van der Waals surface area contributed by atoms with E-state index in [1.165, 1.54) is 5.56 Å². The highest BCUT2D eigenvalue weighted by molar-refractivity contribution is 7.98. The maximum atomic E-state index is 12.1. The lowest BCUT2D eigenvalue weighted by Gasteiger charge is -2.08. The SMILES string of the molecule is Cc1ccc(S(=O)(=O)NCCC(=O)NCCSCc2ccccc2)cc1. The molecule has 0 aliphatic heterocycles. The molecular formula is C19H24N2O3S2. The number of hydrogen-bond acceptors (Lipinski definition) is 4. The van der Waals surface area contributed by atoms with Crippen LogP contribution in [0.3, 0.4) is 0 Å². The molecule has 2 aromatic rings. The highest BCUT2D eigenvalue weighted by Crippen LogP contribution is 2.11. The summed E-state index contributed by atoms with van der Waals surface area (Å²) in [7, 11) is -3.57. The summed E-state index contributed by atoms with van der Waals surface area (Å²) in [5, 5.41) is 2.81. The second-order valence-corrected chi connectivity index (χ2v) is 8.72. The molecular weight excluding hydrogens is 368 g/mol. The van der Waals surface area contributed by atoms with Crippen molar-refractivity contribution < 1.29 is 13.2 Å². The van der Waals surface area contributed by atoms with E-state index < -0.39 is 10.0 Å². The number of rotatable bonds is 10. The Balaban J connectivity index is 1.60. The van der Waals surface area contributed by atoms with Crippen LogP contribution in [0.15, 0.2) is 59.5 Å². The van der Waals surface area contributed by atoms with Gasteiger partial charge in [0.25, 0.3) is 0 Å². The zero-order valence-electron chi connectivity index (χ0n) is 14.8. The first-order valence-corrected chi connectivity index (χ1v) is 11.1. The number of hydrogen-bond donors (Lipinski definition) is 2. The predicted molar refractivity (Wildman–Crippen MR) is 107 cm³/mol. The Hall–Kier alpha value is -1.83. The van der Waals surface area contributed by atoms with Gasteiger partial charge >= 0.3 is 0 Å². The maximum Gasteiger partial charge on any atom is 0.240 e. The Morgan fingerprint density at radius 1 is 1.00 bits per heavy atom. The monoisotopic (exact) mass is 392 g/mol. The van der Waals surface area contributed by atoms with Crippen molar-refractivity contribution in [2.45, 2.75) is 24.0 Å². The summed E-state index contributed by atoms with van der Waals surface area (Å²) in [5.74, 6) is 1.57. The van der Waals surface area contributed by atoms with E-state index in [0.717, 1.165) is 17.1 Å². The number of sulfonamides is 1. The molecule has 0 saturated heterocycles.